The van der Waals surface area contributed by atoms with Crippen molar-refractivity contribution in [3.63, 3.8) is 0 Å². The molecule has 2 amide bonds. The van der Waals surface area contributed by atoms with Crippen molar-refractivity contribution in [2.45, 2.75) is 25.8 Å². The highest BCUT2D eigenvalue weighted by atomic mass is 16.3. The first-order valence-electron chi connectivity index (χ1n) is 6.47. The summed E-state index contributed by atoms with van der Waals surface area (Å²) in [6, 6.07) is 3.55. The van der Waals surface area contributed by atoms with E-state index in [-0.39, 0.29) is 24.3 Å². The van der Waals surface area contributed by atoms with Gasteiger partial charge in [0.25, 0.3) is 0 Å². The SMILES string of the molecule is O=C(CNC(=O)[C@@H]1CC=CCC1)NCc1ccco1. The van der Waals surface area contributed by atoms with Crippen molar-refractivity contribution in [2.75, 3.05) is 6.54 Å². The molecule has 19 heavy (non-hydrogen) atoms. The van der Waals surface area contributed by atoms with Crippen LogP contribution in [0.3, 0.4) is 0 Å². The number of carbonyl (C=O) groups is 2. The Hall–Kier alpha value is -2.04. The van der Waals surface area contributed by atoms with Gasteiger partial charge in [-0.15, -0.1) is 0 Å². The maximum absolute atomic E-state index is 11.8. The highest BCUT2D eigenvalue weighted by Crippen LogP contribution is 2.17. The molecule has 0 fully saturated rings. The van der Waals surface area contributed by atoms with Crippen LogP contribution < -0.4 is 10.6 Å². The zero-order chi connectivity index (χ0) is 13.5. The second-order valence-corrected chi connectivity index (χ2v) is 4.56. The van der Waals surface area contributed by atoms with Crippen LogP contribution in [0.15, 0.2) is 35.0 Å². The quantitative estimate of drug-likeness (QED) is 0.787. The maximum Gasteiger partial charge on any atom is 0.239 e. The summed E-state index contributed by atoms with van der Waals surface area (Å²) in [6.45, 7) is 0.355. The maximum atomic E-state index is 11.8. The minimum atomic E-state index is -0.212. The molecule has 0 aliphatic heterocycles. The van der Waals surface area contributed by atoms with E-state index >= 15 is 0 Å². The molecule has 2 N–H and O–H groups in total. The fourth-order valence-corrected chi connectivity index (χ4v) is 2.00. The second kappa shape index (κ2) is 6.78. The van der Waals surface area contributed by atoms with Crippen molar-refractivity contribution in [3.05, 3.63) is 36.3 Å². The Morgan fingerprint density at radius 3 is 2.89 bits per heavy atom. The molecule has 0 spiro atoms. The van der Waals surface area contributed by atoms with E-state index in [0.29, 0.717) is 12.3 Å². The Kier molecular flexibility index (Phi) is 4.78. The van der Waals surface area contributed by atoms with Crippen molar-refractivity contribution in [1.82, 2.24) is 10.6 Å². The van der Waals surface area contributed by atoms with E-state index in [0.717, 1.165) is 19.3 Å². The van der Waals surface area contributed by atoms with E-state index in [4.69, 9.17) is 4.42 Å². The third-order valence-electron chi connectivity index (χ3n) is 3.10. The Morgan fingerprint density at radius 2 is 2.21 bits per heavy atom. The Bertz CT molecular complexity index is 451. The van der Waals surface area contributed by atoms with Gasteiger partial charge in [0.1, 0.15) is 5.76 Å². The summed E-state index contributed by atoms with van der Waals surface area (Å²) < 4.78 is 5.09. The number of furan rings is 1. The van der Waals surface area contributed by atoms with Crippen LogP contribution in [0.5, 0.6) is 0 Å². The molecule has 0 aromatic carbocycles. The van der Waals surface area contributed by atoms with Gasteiger partial charge >= 0.3 is 0 Å². The summed E-state index contributed by atoms with van der Waals surface area (Å²) in [5.74, 6) is 0.438. The fraction of sp³-hybridized carbons (Fsp3) is 0.429. The lowest BCUT2D eigenvalue weighted by molar-refractivity contribution is -0.128. The summed E-state index contributed by atoms with van der Waals surface area (Å²) in [7, 11) is 0. The molecule has 0 unspecified atom stereocenters. The normalized spacial score (nSPS) is 18.0. The van der Waals surface area contributed by atoms with E-state index in [1.54, 1.807) is 18.4 Å². The van der Waals surface area contributed by atoms with Gasteiger partial charge in [0.15, 0.2) is 0 Å². The van der Waals surface area contributed by atoms with Gasteiger partial charge in [-0.3, -0.25) is 9.59 Å². The van der Waals surface area contributed by atoms with Crippen molar-refractivity contribution in [2.24, 2.45) is 5.92 Å². The average molecular weight is 262 g/mol. The molecular weight excluding hydrogens is 244 g/mol. The smallest absolute Gasteiger partial charge is 0.239 e. The molecule has 1 heterocycles. The topological polar surface area (TPSA) is 71.3 Å². The van der Waals surface area contributed by atoms with Crippen molar-refractivity contribution >= 4 is 11.8 Å². The Balaban J connectivity index is 1.65. The summed E-state index contributed by atoms with van der Waals surface area (Å²) in [5, 5.41) is 5.35. The van der Waals surface area contributed by atoms with Crippen LogP contribution in [0.25, 0.3) is 0 Å². The molecule has 0 saturated carbocycles. The minimum absolute atomic E-state index is 0.00266. The van der Waals surface area contributed by atoms with E-state index in [2.05, 4.69) is 16.7 Å². The molecule has 1 atom stereocenters. The molecule has 102 valence electrons. The lowest BCUT2D eigenvalue weighted by Crippen LogP contribution is -2.39. The fourth-order valence-electron chi connectivity index (χ4n) is 2.00. The number of hydrogen-bond acceptors (Lipinski definition) is 3. The van der Waals surface area contributed by atoms with Crippen LogP contribution in [0.2, 0.25) is 0 Å². The molecule has 1 aliphatic carbocycles. The molecular formula is C14H18N2O3. The zero-order valence-electron chi connectivity index (χ0n) is 10.7. The lowest BCUT2D eigenvalue weighted by Gasteiger charge is -2.16. The number of allylic oxidation sites excluding steroid dienone is 2. The van der Waals surface area contributed by atoms with Gasteiger partial charge in [0.05, 0.1) is 19.4 Å². The molecule has 5 nitrogen and oxygen atoms in total. The second-order valence-electron chi connectivity index (χ2n) is 4.56. The standard InChI is InChI=1S/C14H18N2O3/c17-13(15-9-12-7-4-8-19-12)10-16-14(18)11-5-2-1-3-6-11/h1-2,4,7-8,11H,3,5-6,9-10H2,(H,15,17)(H,16,18)/t11-/m1/s1. The zero-order valence-corrected chi connectivity index (χ0v) is 10.7. The first-order chi connectivity index (χ1) is 9.25. The molecule has 1 aromatic rings. The van der Waals surface area contributed by atoms with Gasteiger partial charge in [-0.25, -0.2) is 0 Å². The van der Waals surface area contributed by atoms with E-state index < -0.39 is 0 Å². The number of carbonyl (C=O) groups excluding carboxylic acids is 2. The number of rotatable bonds is 5. The van der Waals surface area contributed by atoms with Gasteiger partial charge in [-0.05, 0) is 31.4 Å². The predicted octanol–water partition coefficient (Wildman–Crippen LogP) is 1.37. The monoisotopic (exact) mass is 262 g/mol. The third kappa shape index (κ3) is 4.28. The Labute approximate surface area is 112 Å². The van der Waals surface area contributed by atoms with Gasteiger partial charge in [0, 0.05) is 5.92 Å². The van der Waals surface area contributed by atoms with Crippen LogP contribution in [0.1, 0.15) is 25.0 Å². The van der Waals surface area contributed by atoms with Crippen LogP contribution >= 0.6 is 0 Å². The molecule has 1 aliphatic rings. The van der Waals surface area contributed by atoms with E-state index in [9.17, 15) is 9.59 Å². The highest BCUT2D eigenvalue weighted by molar-refractivity contribution is 5.85. The van der Waals surface area contributed by atoms with Crippen molar-refractivity contribution in [1.29, 1.82) is 0 Å². The third-order valence-corrected chi connectivity index (χ3v) is 3.10. The lowest BCUT2D eigenvalue weighted by atomic mass is 9.94. The largest absolute Gasteiger partial charge is 0.467 e. The Morgan fingerprint density at radius 1 is 1.32 bits per heavy atom. The van der Waals surface area contributed by atoms with Crippen LogP contribution in [-0.2, 0) is 16.1 Å². The summed E-state index contributed by atoms with van der Waals surface area (Å²) in [6.07, 6.45) is 8.21. The van der Waals surface area contributed by atoms with Crippen LogP contribution in [0, 0.1) is 5.92 Å². The molecule has 5 heteroatoms. The molecule has 0 saturated heterocycles. The molecule has 0 radical (unpaired) electrons. The molecule has 1 aromatic heterocycles. The summed E-state index contributed by atoms with van der Waals surface area (Å²) in [4.78, 5) is 23.3. The van der Waals surface area contributed by atoms with Gasteiger partial charge in [-0.1, -0.05) is 12.2 Å². The number of hydrogen-bond donors (Lipinski definition) is 2. The average Bonchev–Trinajstić information content (AvgIpc) is 2.96. The minimum Gasteiger partial charge on any atom is -0.467 e. The molecule has 0 bridgehead atoms. The van der Waals surface area contributed by atoms with E-state index in [1.807, 2.05) is 6.08 Å². The van der Waals surface area contributed by atoms with Crippen LogP contribution in [-0.4, -0.2) is 18.4 Å². The van der Waals surface area contributed by atoms with Gasteiger partial charge in [0.2, 0.25) is 11.8 Å². The van der Waals surface area contributed by atoms with Crippen molar-refractivity contribution in [3.8, 4) is 0 Å². The summed E-state index contributed by atoms with van der Waals surface area (Å²) in [5.41, 5.74) is 0. The van der Waals surface area contributed by atoms with Gasteiger partial charge < -0.3 is 15.1 Å². The first kappa shape index (κ1) is 13.4. The van der Waals surface area contributed by atoms with E-state index in [1.165, 1.54) is 0 Å². The number of nitrogens with one attached hydrogen (secondary N) is 2. The van der Waals surface area contributed by atoms with Gasteiger partial charge in [-0.2, -0.15) is 0 Å². The number of amides is 2. The summed E-state index contributed by atoms with van der Waals surface area (Å²) >= 11 is 0. The first-order valence-corrected chi connectivity index (χ1v) is 6.47. The van der Waals surface area contributed by atoms with Crippen molar-refractivity contribution < 1.29 is 14.0 Å². The highest BCUT2D eigenvalue weighted by Gasteiger charge is 2.18. The van der Waals surface area contributed by atoms with Crippen LogP contribution in [0.4, 0.5) is 0 Å². The molecule has 2 rings (SSSR count). The predicted molar refractivity (Wildman–Crippen MR) is 70.0 cm³/mol.